The highest BCUT2D eigenvalue weighted by molar-refractivity contribution is 7.98. The summed E-state index contributed by atoms with van der Waals surface area (Å²) in [5, 5.41) is 5.82. The molecule has 0 aromatic heterocycles. The molecule has 3 amide bonds. The Morgan fingerprint density at radius 1 is 1.17 bits per heavy atom. The van der Waals surface area contributed by atoms with E-state index in [1.54, 1.807) is 7.11 Å². The van der Waals surface area contributed by atoms with Crippen LogP contribution in [0.5, 0.6) is 0 Å². The van der Waals surface area contributed by atoms with Crippen molar-refractivity contribution in [3.63, 3.8) is 0 Å². The predicted molar refractivity (Wildman–Crippen MR) is 154 cm³/mol. The minimum Gasteiger partial charge on any atom is -0.381 e. The molecule has 0 radical (unpaired) electrons. The molecular weight excluding hydrogens is 470 g/mol. The van der Waals surface area contributed by atoms with Gasteiger partial charge in [0.25, 0.3) is 0 Å². The molecule has 0 spiro atoms. The standard InChI is InChI=1S/C27H39N3O3S.C2H6/c1-3-10-23(13-5-4-8-18-33-2)20-28-27(32)29-25-15-9-14-24(16-17-25)21-34-30-26(31)19-22-11-6-7-12-22;1-2/h3-4,8,13-17,22H,1,5-7,9-12,18-21H2,2H3,(H,30,31)(H2,28,29,32);1-2H3/b8-4+,23-13+;. The van der Waals surface area contributed by atoms with Gasteiger partial charge in [-0.15, -0.1) is 6.58 Å². The van der Waals surface area contributed by atoms with Crippen LogP contribution in [0.1, 0.15) is 65.2 Å². The van der Waals surface area contributed by atoms with Crippen LogP contribution < -0.4 is 15.4 Å². The summed E-state index contributed by atoms with van der Waals surface area (Å²) in [5.41, 5.74) is 2.99. The zero-order valence-corrected chi connectivity index (χ0v) is 23.1. The topological polar surface area (TPSA) is 79.5 Å². The maximum atomic E-state index is 12.4. The predicted octanol–water partition coefficient (Wildman–Crippen LogP) is 6.52. The van der Waals surface area contributed by atoms with Gasteiger partial charge in [0.15, 0.2) is 0 Å². The molecule has 0 aromatic rings. The first-order chi connectivity index (χ1) is 17.6. The van der Waals surface area contributed by atoms with Crippen LogP contribution in [0.3, 0.4) is 0 Å². The summed E-state index contributed by atoms with van der Waals surface area (Å²) < 4.78 is 7.96. The Morgan fingerprint density at radius 2 is 1.94 bits per heavy atom. The molecule has 1 fully saturated rings. The van der Waals surface area contributed by atoms with Crippen LogP contribution >= 0.6 is 11.9 Å². The van der Waals surface area contributed by atoms with E-state index in [-0.39, 0.29) is 11.9 Å². The van der Waals surface area contributed by atoms with Gasteiger partial charge < -0.3 is 15.4 Å². The molecule has 0 aliphatic heterocycles. The Balaban J connectivity index is 0.00000316. The SMILES string of the molecule is C=CC/C(=C\C/C=C/COC)CNC(=O)NC1=CCC=C(CSNC(=O)CC2CCCC2)C=C1.CC. The van der Waals surface area contributed by atoms with Crippen LogP contribution in [0.25, 0.3) is 0 Å². The van der Waals surface area contributed by atoms with Crippen LogP contribution in [-0.4, -0.2) is 38.0 Å². The largest absolute Gasteiger partial charge is 0.381 e. The van der Waals surface area contributed by atoms with Crippen molar-refractivity contribution in [3.05, 3.63) is 72.0 Å². The molecule has 3 N–H and O–H groups in total. The average molecular weight is 516 g/mol. The van der Waals surface area contributed by atoms with Crippen LogP contribution in [0.15, 0.2) is 72.0 Å². The quantitative estimate of drug-likeness (QED) is 0.182. The van der Waals surface area contributed by atoms with E-state index in [2.05, 4.69) is 34.1 Å². The molecule has 0 saturated heterocycles. The zero-order chi connectivity index (χ0) is 26.4. The number of methoxy groups -OCH3 is 1. The smallest absolute Gasteiger partial charge is 0.319 e. The van der Waals surface area contributed by atoms with Crippen LogP contribution in [0, 0.1) is 5.92 Å². The second-order valence-corrected chi connectivity index (χ2v) is 9.28. The third kappa shape index (κ3) is 14.8. The van der Waals surface area contributed by atoms with Gasteiger partial charge >= 0.3 is 6.03 Å². The molecule has 6 nitrogen and oxygen atoms in total. The molecule has 7 heteroatoms. The lowest BCUT2D eigenvalue weighted by Crippen LogP contribution is -2.35. The molecule has 0 bridgehead atoms. The second-order valence-electron chi connectivity index (χ2n) is 8.50. The van der Waals surface area contributed by atoms with Crippen molar-refractivity contribution in [2.24, 2.45) is 5.92 Å². The Bertz CT molecular complexity index is 822. The van der Waals surface area contributed by atoms with Gasteiger partial charge in [0.1, 0.15) is 0 Å². The van der Waals surface area contributed by atoms with E-state index in [9.17, 15) is 9.59 Å². The van der Waals surface area contributed by atoms with Crippen molar-refractivity contribution in [2.75, 3.05) is 26.0 Å². The summed E-state index contributed by atoms with van der Waals surface area (Å²) in [4.78, 5) is 24.4. The van der Waals surface area contributed by atoms with Gasteiger partial charge in [0.05, 0.1) is 6.61 Å². The van der Waals surface area contributed by atoms with E-state index in [0.717, 1.165) is 36.1 Å². The number of hydrogen-bond donors (Lipinski definition) is 3. The Morgan fingerprint density at radius 3 is 2.67 bits per heavy atom. The monoisotopic (exact) mass is 515 g/mol. The van der Waals surface area contributed by atoms with Crippen molar-refractivity contribution < 1.29 is 14.3 Å². The van der Waals surface area contributed by atoms with Gasteiger partial charge in [-0.3, -0.25) is 9.52 Å². The maximum absolute atomic E-state index is 12.4. The Labute approximate surface area is 222 Å². The third-order valence-electron chi connectivity index (χ3n) is 5.68. The fourth-order valence-electron chi connectivity index (χ4n) is 3.87. The van der Waals surface area contributed by atoms with E-state index in [1.165, 1.54) is 37.6 Å². The van der Waals surface area contributed by atoms with E-state index < -0.39 is 0 Å². The van der Waals surface area contributed by atoms with Gasteiger partial charge in [-0.2, -0.15) is 0 Å². The maximum Gasteiger partial charge on any atom is 0.319 e. The molecule has 1 saturated carbocycles. The highest BCUT2D eigenvalue weighted by Gasteiger charge is 2.18. The number of rotatable bonds is 14. The molecule has 36 heavy (non-hydrogen) atoms. The van der Waals surface area contributed by atoms with Crippen molar-refractivity contribution in [2.45, 2.75) is 65.2 Å². The number of amides is 3. The number of hydrogen-bond acceptors (Lipinski definition) is 4. The van der Waals surface area contributed by atoms with Crippen LogP contribution in [0.2, 0.25) is 0 Å². The first-order valence-corrected chi connectivity index (χ1v) is 14.0. The summed E-state index contributed by atoms with van der Waals surface area (Å²) in [6.07, 6.45) is 23.7. The highest BCUT2D eigenvalue weighted by atomic mass is 32.2. The first kappa shape index (κ1) is 31.5. The summed E-state index contributed by atoms with van der Waals surface area (Å²) in [7, 11) is 1.67. The van der Waals surface area contributed by atoms with Gasteiger partial charge in [0, 0.05) is 31.5 Å². The second kappa shape index (κ2) is 20.7. The molecule has 0 atom stereocenters. The summed E-state index contributed by atoms with van der Waals surface area (Å²) >= 11 is 1.43. The van der Waals surface area contributed by atoms with Crippen LogP contribution in [-0.2, 0) is 9.53 Å². The van der Waals surface area contributed by atoms with Crippen molar-refractivity contribution >= 4 is 23.9 Å². The molecule has 0 heterocycles. The zero-order valence-electron chi connectivity index (χ0n) is 22.3. The fraction of sp³-hybridized carbons (Fsp3) is 0.517. The van der Waals surface area contributed by atoms with Crippen molar-refractivity contribution in [1.29, 1.82) is 0 Å². The molecule has 0 unspecified atom stereocenters. The van der Waals surface area contributed by atoms with Crippen molar-refractivity contribution in [1.82, 2.24) is 15.4 Å². The van der Waals surface area contributed by atoms with E-state index in [4.69, 9.17) is 4.74 Å². The van der Waals surface area contributed by atoms with E-state index >= 15 is 0 Å². The number of urea groups is 1. The number of carbonyl (C=O) groups excluding carboxylic acids is 2. The number of allylic oxidation sites excluding steroid dienone is 7. The van der Waals surface area contributed by atoms with E-state index in [0.29, 0.717) is 31.2 Å². The van der Waals surface area contributed by atoms with Gasteiger partial charge in [-0.1, -0.05) is 74.8 Å². The normalized spacial score (nSPS) is 15.9. The fourth-order valence-corrected chi connectivity index (χ4v) is 4.56. The van der Waals surface area contributed by atoms with Gasteiger partial charge in [0.2, 0.25) is 5.91 Å². The highest BCUT2D eigenvalue weighted by Crippen LogP contribution is 2.27. The molecule has 200 valence electrons. The summed E-state index contributed by atoms with van der Waals surface area (Å²) in [6, 6.07) is -0.238. The first-order valence-electron chi connectivity index (χ1n) is 13.1. The lowest BCUT2D eigenvalue weighted by atomic mass is 10.0. The molecule has 2 aliphatic carbocycles. The number of ether oxygens (including phenoxy) is 1. The third-order valence-corrected chi connectivity index (χ3v) is 6.53. The van der Waals surface area contributed by atoms with Gasteiger partial charge in [-0.05, 0) is 61.6 Å². The Kier molecular flexibility index (Phi) is 18.1. The number of nitrogens with one attached hydrogen (secondary N) is 3. The summed E-state index contributed by atoms with van der Waals surface area (Å²) in [6.45, 7) is 8.86. The average Bonchev–Trinajstić information content (AvgIpc) is 3.29. The lowest BCUT2D eigenvalue weighted by Gasteiger charge is -2.10. The van der Waals surface area contributed by atoms with Gasteiger partial charge in [-0.25, -0.2) is 4.79 Å². The van der Waals surface area contributed by atoms with Crippen molar-refractivity contribution in [3.8, 4) is 0 Å². The van der Waals surface area contributed by atoms with Crippen LogP contribution in [0.4, 0.5) is 4.79 Å². The molecule has 0 aromatic carbocycles. The lowest BCUT2D eigenvalue weighted by molar-refractivity contribution is -0.120. The minimum atomic E-state index is -0.238. The number of carbonyl (C=O) groups is 2. The molecular formula is C29H45N3O3S. The molecule has 2 rings (SSSR count). The Hall–Kier alpha value is -2.51. The van der Waals surface area contributed by atoms with E-state index in [1.807, 2.05) is 50.3 Å². The summed E-state index contributed by atoms with van der Waals surface area (Å²) in [5.74, 6) is 1.39. The molecule has 2 aliphatic rings. The minimum absolute atomic E-state index is 0.128.